The fourth-order valence-corrected chi connectivity index (χ4v) is 5.63. The summed E-state index contributed by atoms with van der Waals surface area (Å²) in [5.41, 5.74) is 3.93. The third-order valence-corrected chi connectivity index (χ3v) is 7.94. The van der Waals surface area contributed by atoms with Crippen LogP contribution in [-0.2, 0) is 11.3 Å². The molecule has 0 spiro atoms. The van der Waals surface area contributed by atoms with Crippen LogP contribution < -0.4 is 15.5 Å². The quantitative estimate of drug-likeness (QED) is 0.197. The number of nitrogens with one attached hydrogen (secondary N) is 2. The van der Waals surface area contributed by atoms with Gasteiger partial charge in [0.2, 0.25) is 5.91 Å². The third-order valence-electron chi connectivity index (χ3n) is 7.94. The van der Waals surface area contributed by atoms with Gasteiger partial charge in [0.1, 0.15) is 0 Å². The van der Waals surface area contributed by atoms with E-state index in [1.807, 2.05) is 18.2 Å². The zero-order valence-corrected chi connectivity index (χ0v) is 23.7. The van der Waals surface area contributed by atoms with Crippen molar-refractivity contribution in [3.8, 4) is 0 Å². The van der Waals surface area contributed by atoms with E-state index < -0.39 is 4.92 Å². The van der Waals surface area contributed by atoms with Crippen LogP contribution in [0.5, 0.6) is 0 Å². The molecule has 1 heterocycles. The van der Waals surface area contributed by atoms with Crippen molar-refractivity contribution in [2.45, 2.75) is 44.7 Å². The lowest BCUT2D eigenvalue weighted by molar-refractivity contribution is -0.384. The first-order valence-electron chi connectivity index (χ1n) is 14.6. The predicted octanol–water partition coefficient (Wildman–Crippen LogP) is 5.63. The highest BCUT2D eigenvalue weighted by Gasteiger charge is 2.24. The Morgan fingerprint density at radius 2 is 1.62 bits per heavy atom. The van der Waals surface area contributed by atoms with Gasteiger partial charge in [0.25, 0.3) is 11.6 Å². The van der Waals surface area contributed by atoms with Crippen molar-refractivity contribution < 1.29 is 14.5 Å². The standard InChI is InChI=1S/C33H37N5O4/c39-32(18-13-25-11-15-29(16-12-25)38(41)42)34-28-14-17-31(30(23-28)33(40)35-27-9-5-2-6-10-27)37-21-19-36(20-22-37)24-26-7-3-1-4-8-26/h1,3-4,7-8,11-18,23,27H,2,5-6,9-10,19-22,24H2,(H,34,39)(H,35,40)/b18-13+. The molecule has 0 aromatic heterocycles. The van der Waals surface area contributed by atoms with Gasteiger partial charge < -0.3 is 15.5 Å². The molecule has 1 aliphatic carbocycles. The van der Waals surface area contributed by atoms with E-state index in [0.717, 1.165) is 64.1 Å². The molecule has 42 heavy (non-hydrogen) atoms. The SMILES string of the molecule is O=C(/C=C/c1ccc([N+](=O)[O-])cc1)Nc1ccc(N2CCN(Cc3ccccc3)CC2)c(C(=O)NC2CCCCC2)c1. The highest BCUT2D eigenvalue weighted by Crippen LogP contribution is 2.27. The maximum absolute atomic E-state index is 13.6. The van der Waals surface area contributed by atoms with Crippen molar-refractivity contribution in [2.24, 2.45) is 0 Å². The van der Waals surface area contributed by atoms with Gasteiger partial charge in [0.15, 0.2) is 0 Å². The summed E-state index contributed by atoms with van der Waals surface area (Å²) in [6.45, 7) is 4.30. The van der Waals surface area contributed by atoms with Crippen molar-refractivity contribution in [3.05, 3.63) is 106 Å². The number of benzene rings is 3. The number of rotatable bonds is 9. The van der Waals surface area contributed by atoms with Gasteiger partial charge in [-0.15, -0.1) is 0 Å². The van der Waals surface area contributed by atoms with E-state index >= 15 is 0 Å². The number of hydrogen-bond donors (Lipinski definition) is 2. The van der Waals surface area contributed by atoms with E-state index in [2.05, 4.69) is 44.7 Å². The molecule has 2 amide bonds. The lowest BCUT2D eigenvalue weighted by Crippen LogP contribution is -2.46. The molecule has 218 valence electrons. The third kappa shape index (κ3) is 7.82. The van der Waals surface area contributed by atoms with Crippen LogP contribution in [-0.4, -0.2) is 53.9 Å². The molecule has 2 aliphatic rings. The van der Waals surface area contributed by atoms with Crippen LogP contribution in [0.3, 0.4) is 0 Å². The number of non-ortho nitro benzene ring substituents is 1. The van der Waals surface area contributed by atoms with E-state index in [1.165, 1.54) is 30.2 Å². The molecule has 1 saturated carbocycles. The monoisotopic (exact) mass is 567 g/mol. The number of nitro benzene ring substituents is 1. The molecule has 2 N–H and O–H groups in total. The molecular weight excluding hydrogens is 530 g/mol. The van der Waals surface area contributed by atoms with Crippen molar-refractivity contribution in [3.63, 3.8) is 0 Å². The molecule has 1 aliphatic heterocycles. The Morgan fingerprint density at radius 1 is 0.905 bits per heavy atom. The van der Waals surface area contributed by atoms with E-state index in [-0.39, 0.29) is 23.5 Å². The Kier molecular flexibility index (Phi) is 9.61. The highest BCUT2D eigenvalue weighted by atomic mass is 16.6. The highest BCUT2D eigenvalue weighted by molar-refractivity contribution is 6.05. The van der Waals surface area contributed by atoms with Crippen LogP contribution in [0.4, 0.5) is 17.1 Å². The normalized spacial score (nSPS) is 16.3. The van der Waals surface area contributed by atoms with Crippen LogP contribution in [0.25, 0.3) is 6.08 Å². The summed E-state index contributed by atoms with van der Waals surface area (Å²) in [5, 5.41) is 17.0. The molecule has 9 nitrogen and oxygen atoms in total. The molecule has 0 bridgehead atoms. The Hall–Kier alpha value is -4.50. The number of nitrogens with zero attached hydrogens (tertiary/aromatic N) is 3. The van der Waals surface area contributed by atoms with Crippen molar-refractivity contribution >= 4 is 35.0 Å². The van der Waals surface area contributed by atoms with Crippen LogP contribution >= 0.6 is 0 Å². The fraction of sp³-hybridized carbons (Fsp3) is 0.333. The zero-order valence-electron chi connectivity index (χ0n) is 23.7. The number of amides is 2. The maximum Gasteiger partial charge on any atom is 0.269 e. The predicted molar refractivity (Wildman–Crippen MR) is 165 cm³/mol. The molecule has 3 aromatic rings. The Bertz CT molecular complexity index is 1410. The molecule has 0 unspecified atom stereocenters. The van der Waals surface area contributed by atoms with E-state index in [1.54, 1.807) is 24.3 Å². The van der Waals surface area contributed by atoms with Gasteiger partial charge in [-0.25, -0.2) is 0 Å². The lowest BCUT2D eigenvalue weighted by atomic mass is 9.95. The summed E-state index contributed by atoms with van der Waals surface area (Å²) >= 11 is 0. The number of anilines is 2. The number of nitro groups is 1. The molecule has 0 atom stereocenters. The van der Waals surface area contributed by atoms with Gasteiger partial charge in [-0.1, -0.05) is 49.6 Å². The fourth-order valence-electron chi connectivity index (χ4n) is 5.63. The molecule has 1 saturated heterocycles. The average molecular weight is 568 g/mol. The largest absolute Gasteiger partial charge is 0.368 e. The average Bonchev–Trinajstić information content (AvgIpc) is 3.02. The zero-order chi connectivity index (χ0) is 29.3. The first kappa shape index (κ1) is 29.0. The van der Waals surface area contributed by atoms with E-state index in [9.17, 15) is 19.7 Å². The first-order valence-corrected chi connectivity index (χ1v) is 14.6. The summed E-state index contributed by atoms with van der Waals surface area (Å²) in [5.74, 6) is -0.463. The molecule has 0 radical (unpaired) electrons. The van der Waals surface area contributed by atoms with Crippen LogP contribution in [0, 0.1) is 10.1 Å². The smallest absolute Gasteiger partial charge is 0.269 e. The van der Waals surface area contributed by atoms with Gasteiger partial charge in [0.05, 0.1) is 10.5 Å². The van der Waals surface area contributed by atoms with Gasteiger partial charge in [0, 0.05) is 68.3 Å². The van der Waals surface area contributed by atoms with Gasteiger partial charge in [-0.3, -0.25) is 24.6 Å². The van der Waals surface area contributed by atoms with Crippen molar-refractivity contribution in [1.29, 1.82) is 0 Å². The molecule has 3 aromatic carbocycles. The number of hydrogen-bond acceptors (Lipinski definition) is 6. The maximum atomic E-state index is 13.6. The molecular formula is C33H37N5O4. The number of carbonyl (C=O) groups excluding carboxylic acids is 2. The minimum Gasteiger partial charge on any atom is -0.368 e. The van der Waals surface area contributed by atoms with E-state index in [0.29, 0.717) is 16.8 Å². The van der Waals surface area contributed by atoms with Crippen LogP contribution in [0.15, 0.2) is 78.9 Å². The van der Waals surface area contributed by atoms with Gasteiger partial charge in [-0.2, -0.15) is 0 Å². The Labute approximate surface area is 246 Å². The topological polar surface area (TPSA) is 108 Å². The number of carbonyl (C=O) groups is 2. The van der Waals surface area contributed by atoms with Gasteiger partial charge >= 0.3 is 0 Å². The summed E-state index contributed by atoms with van der Waals surface area (Å²) in [4.78, 5) is 41.4. The van der Waals surface area contributed by atoms with Crippen molar-refractivity contribution in [1.82, 2.24) is 10.2 Å². The molecule has 5 rings (SSSR count). The second-order valence-corrected chi connectivity index (χ2v) is 11.0. The van der Waals surface area contributed by atoms with Crippen LogP contribution in [0.2, 0.25) is 0 Å². The van der Waals surface area contributed by atoms with Gasteiger partial charge in [-0.05, 0) is 60.4 Å². The summed E-state index contributed by atoms with van der Waals surface area (Å²) in [6, 6.07) is 22.1. The van der Waals surface area contributed by atoms with Crippen LogP contribution in [0.1, 0.15) is 53.6 Å². The molecule has 2 fully saturated rings. The molecule has 9 heteroatoms. The number of piperazine rings is 1. The lowest BCUT2D eigenvalue weighted by Gasteiger charge is -2.37. The first-order chi connectivity index (χ1) is 20.4. The minimum atomic E-state index is -0.462. The Morgan fingerprint density at radius 3 is 2.31 bits per heavy atom. The van der Waals surface area contributed by atoms with E-state index in [4.69, 9.17) is 0 Å². The Balaban J connectivity index is 1.28. The summed E-state index contributed by atoms with van der Waals surface area (Å²) in [6.07, 6.45) is 8.41. The second-order valence-electron chi connectivity index (χ2n) is 11.0. The second kappa shape index (κ2) is 13.9. The van der Waals surface area contributed by atoms with Crippen molar-refractivity contribution in [2.75, 3.05) is 36.4 Å². The minimum absolute atomic E-state index is 0.00617. The summed E-state index contributed by atoms with van der Waals surface area (Å²) in [7, 11) is 0. The summed E-state index contributed by atoms with van der Waals surface area (Å²) < 4.78 is 0.